The summed E-state index contributed by atoms with van der Waals surface area (Å²) in [6, 6.07) is 0. The van der Waals surface area contributed by atoms with Gasteiger partial charge in [-0.05, 0) is 43.1 Å². The molecule has 4 aliphatic carbocycles. The molecule has 118 valence electrons. The van der Waals surface area contributed by atoms with Gasteiger partial charge in [0.15, 0.2) is 5.78 Å². The van der Waals surface area contributed by atoms with E-state index < -0.39 is 6.10 Å². The Kier molecular flexibility index (Phi) is 2.88. The van der Waals surface area contributed by atoms with Crippen molar-refractivity contribution in [3.05, 3.63) is 23.8 Å². The molecule has 6 unspecified atom stereocenters. The number of hydrogen-bond acceptors (Lipinski definition) is 3. The van der Waals surface area contributed by atoms with Gasteiger partial charge in [0.2, 0.25) is 0 Å². The fourth-order valence-electron chi connectivity index (χ4n) is 5.87. The standard InChI is InChI=1S/C19H24O3/c1-18-7-5-12(20)9-11(18)10-15(21)17-13-3-4-16(22)19(13,2)8-6-14(17)18/h5,7,10,13-15,17,21H,3-4,6,8-9H2,1-2H3. The lowest BCUT2D eigenvalue weighted by Crippen LogP contribution is -2.53. The highest BCUT2D eigenvalue weighted by Gasteiger charge is 2.60. The Hall–Kier alpha value is -1.22. The van der Waals surface area contributed by atoms with Gasteiger partial charge in [0.1, 0.15) is 5.78 Å². The smallest absolute Gasteiger partial charge is 0.159 e. The molecule has 0 bridgehead atoms. The Balaban J connectivity index is 1.79. The van der Waals surface area contributed by atoms with Crippen LogP contribution in [0.5, 0.6) is 0 Å². The van der Waals surface area contributed by atoms with Crippen molar-refractivity contribution in [3.8, 4) is 0 Å². The Morgan fingerprint density at radius 3 is 2.73 bits per heavy atom. The normalized spacial score (nSPS) is 50.2. The molecule has 0 aliphatic heterocycles. The van der Waals surface area contributed by atoms with Crippen LogP contribution in [0.4, 0.5) is 0 Å². The molecule has 0 aromatic carbocycles. The highest BCUT2D eigenvalue weighted by Crippen LogP contribution is 2.62. The van der Waals surface area contributed by atoms with Crippen molar-refractivity contribution >= 4 is 11.6 Å². The molecule has 22 heavy (non-hydrogen) atoms. The van der Waals surface area contributed by atoms with Crippen LogP contribution >= 0.6 is 0 Å². The predicted molar refractivity (Wildman–Crippen MR) is 83.0 cm³/mol. The minimum absolute atomic E-state index is 0.120. The number of Topliss-reactive ketones (excluding diaryl/α,β-unsaturated/α-hetero) is 1. The summed E-state index contributed by atoms with van der Waals surface area (Å²) in [4.78, 5) is 24.1. The summed E-state index contributed by atoms with van der Waals surface area (Å²) in [6.45, 7) is 4.32. The van der Waals surface area contributed by atoms with Gasteiger partial charge < -0.3 is 5.11 Å². The molecule has 0 amide bonds. The van der Waals surface area contributed by atoms with Crippen molar-refractivity contribution < 1.29 is 14.7 Å². The van der Waals surface area contributed by atoms with E-state index in [1.165, 1.54) is 0 Å². The summed E-state index contributed by atoms with van der Waals surface area (Å²) in [6.07, 6.45) is 9.11. The average molecular weight is 300 g/mol. The van der Waals surface area contributed by atoms with E-state index >= 15 is 0 Å². The van der Waals surface area contributed by atoms with Crippen LogP contribution in [0, 0.1) is 28.6 Å². The quantitative estimate of drug-likeness (QED) is 0.700. The van der Waals surface area contributed by atoms with Crippen LogP contribution < -0.4 is 0 Å². The van der Waals surface area contributed by atoms with E-state index in [2.05, 4.69) is 19.9 Å². The van der Waals surface area contributed by atoms with Crippen molar-refractivity contribution in [1.82, 2.24) is 0 Å². The van der Waals surface area contributed by atoms with Gasteiger partial charge in [-0.25, -0.2) is 0 Å². The summed E-state index contributed by atoms with van der Waals surface area (Å²) in [7, 11) is 0. The van der Waals surface area contributed by atoms with E-state index in [1.54, 1.807) is 6.08 Å². The number of aliphatic hydroxyl groups is 1. The first-order valence-electron chi connectivity index (χ1n) is 8.51. The number of carbonyl (C=O) groups excluding carboxylic acids is 2. The Morgan fingerprint density at radius 1 is 1.18 bits per heavy atom. The number of rotatable bonds is 0. The van der Waals surface area contributed by atoms with Gasteiger partial charge in [0.05, 0.1) is 6.10 Å². The molecule has 0 aromatic rings. The third-order valence-electron chi connectivity index (χ3n) is 7.25. The zero-order valence-electron chi connectivity index (χ0n) is 13.3. The maximum atomic E-state index is 12.4. The van der Waals surface area contributed by atoms with Crippen molar-refractivity contribution in [2.24, 2.45) is 28.6 Å². The van der Waals surface area contributed by atoms with Gasteiger partial charge in [-0.2, -0.15) is 0 Å². The lowest BCUT2D eigenvalue weighted by molar-refractivity contribution is -0.133. The molecule has 2 fully saturated rings. The van der Waals surface area contributed by atoms with Crippen LogP contribution in [0.1, 0.15) is 46.0 Å². The highest BCUT2D eigenvalue weighted by atomic mass is 16.3. The molecule has 1 N–H and O–H groups in total. The minimum atomic E-state index is -0.511. The van der Waals surface area contributed by atoms with Gasteiger partial charge in [-0.3, -0.25) is 9.59 Å². The lowest BCUT2D eigenvalue weighted by atomic mass is 9.48. The maximum Gasteiger partial charge on any atom is 0.159 e. The molecular formula is C19H24O3. The van der Waals surface area contributed by atoms with E-state index in [4.69, 9.17) is 0 Å². The fourth-order valence-corrected chi connectivity index (χ4v) is 5.87. The summed E-state index contributed by atoms with van der Waals surface area (Å²) in [5, 5.41) is 10.8. The molecule has 4 rings (SSSR count). The second-order valence-corrected chi connectivity index (χ2v) is 8.15. The Labute approximate surface area is 131 Å². The molecule has 0 radical (unpaired) electrons. The molecule has 0 aromatic heterocycles. The molecule has 3 nitrogen and oxygen atoms in total. The van der Waals surface area contributed by atoms with Gasteiger partial charge in [0.25, 0.3) is 0 Å². The third kappa shape index (κ3) is 1.66. The summed E-state index contributed by atoms with van der Waals surface area (Å²) >= 11 is 0. The Bertz CT molecular complexity index is 616. The lowest BCUT2D eigenvalue weighted by Gasteiger charge is -2.56. The molecule has 0 saturated heterocycles. The topological polar surface area (TPSA) is 54.4 Å². The molecule has 0 spiro atoms. The van der Waals surface area contributed by atoms with Crippen LogP contribution in [0.2, 0.25) is 0 Å². The second kappa shape index (κ2) is 4.41. The fraction of sp³-hybridized carbons (Fsp3) is 0.684. The van der Waals surface area contributed by atoms with E-state index in [-0.39, 0.29) is 28.4 Å². The van der Waals surface area contributed by atoms with Crippen molar-refractivity contribution in [3.63, 3.8) is 0 Å². The van der Waals surface area contributed by atoms with E-state index in [9.17, 15) is 14.7 Å². The van der Waals surface area contributed by atoms with E-state index in [0.717, 1.165) is 24.8 Å². The first-order chi connectivity index (χ1) is 10.4. The van der Waals surface area contributed by atoms with Crippen LogP contribution in [-0.2, 0) is 9.59 Å². The zero-order valence-corrected chi connectivity index (χ0v) is 13.3. The van der Waals surface area contributed by atoms with Crippen LogP contribution in [0.25, 0.3) is 0 Å². The number of allylic oxidation sites excluding steroid dienone is 3. The van der Waals surface area contributed by atoms with Gasteiger partial charge in [-0.1, -0.05) is 31.6 Å². The monoisotopic (exact) mass is 300 g/mol. The maximum absolute atomic E-state index is 12.4. The van der Waals surface area contributed by atoms with Gasteiger partial charge >= 0.3 is 0 Å². The predicted octanol–water partition coefficient (Wildman–Crippen LogP) is 2.83. The van der Waals surface area contributed by atoms with E-state index in [1.807, 2.05) is 6.08 Å². The first-order valence-corrected chi connectivity index (χ1v) is 8.51. The number of carbonyl (C=O) groups is 2. The number of aliphatic hydroxyl groups excluding tert-OH is 1. The SMILES string of the molecule is CC12C=CC(=O)CC1=CC(O)C1C2CCC2(C)C(=O)CCC12. The summed E-state index contributed by atoms with van der Waals surface area (Å²) < 4.78 is 0. The van der Waals surface area contributed by atoms with Crippen molar-refractivity contribution in [1.29, 1.82) is 0 Å². The molecular weight excluding hydrogens is 276 g/mol. The molecule has 4 aliphatic rings. The third-order valence-corrected chi connectivity index (χ3v) is 7.25. The minimum Gasteiger partial charge on any atom is -0.389 e. The largest absolute Gasteiger partial charge is 0.389 e. The summed E-state index contributed by atoms with van der Waals surface area (Å²) in [5.41, 5.74) is 0.727. The van der Waals surface area contributed by atoms with Crippen molar-refractivity contribution in [2.45, 2.75) is 52.1 Å². The van der Waals surface area contributed by atoms with Crippen LogP contribution in [0.3, 0.4) is 0 Å². The van der Waals surface area contributed by atoms with E-state index in [0.29, 0.717) is 24.5 Å². The van der Waals surface area contributed by atoms with Crippen LogP contribution in [0.15, 0.2) is 23.8 Å². The Morgan fingerprint density at radius 2 is 1.95 bits per heavy atom. The van der Waals surface area contributed by atoms with Gasteiger partial charge in [0, 0.05) is 23.7 Å². The zero-order chi connectivity index (χ0) is 15.7. The highest BCUT2D eigenvalue weighted by molar-refractivity contribution is 5.93. The number of fused-ring (bicyclic) bond motifs is 5. The van der Waals surface area contributed by atoms with Crippen molar-refractivity contribution in [2.75, 3.05) is 0 Å². The summed E-state index contributed by atoms with van der Waals surface area (Å²) in [5.74, 6) is 1.30. The second-order valence-electron chi connectivity index (χ2n) is 8.15. The average Bonchev–Trinajstić information content (AvgIpc) is 2.77. The number of ketones is 2. The molecule has 3 heteroatoms. The van der Waals surface area contributed by atoms with Gasteiger partial charge in [-0.15, -0.1) is 0 Å². The number of hydrogen-bond donors (Lipinski definition) is 1. The molecule has 2 saturated carbocycles. The molecule has 6 atom stereocenters. The molecule has 0 heterocycles. The first kappa shape index (κ1) is 14.4. The van der Waals surface area contributed by atoms with Crippen LogP contribution in [-0.4, -0.2) is 22.8 Å².